The monoisotopic (exact) mass is 326 g/mol. The quantitative estimate of drug-likeness (QED) is 0.778. The zero-order valence-corrected chi connectivity index (χ0v) is 13.7. The van der Waals surface area contributed by atoms with Gasteiger partial charge >= 0.3 is 0 Å². The number of carbonyl (C=O) groups is 1. The van der Waals surface area contributed by atoms with Crippen molar-refractivity contribution < 1.29 is 17.9 Å². The number of hydrogen-bond acceptors (Lipinski definition) is 5. The van der Waals surface area contributed by atoms with E-state index < -0.39 is 9.84 Å². The molecule has 1 saturated heterocycles. The molecule has 122 valence electrons. The fourth-order valence-electron chi connectivity index (χ4n) is 2.11. The largest absolute Gasteiger partial charge is 0.492 e. The van der Waals surface area contributed by atoms with Gasteiger partial charge < -0.3 is 15.4 Å². The zero-order valence-electron chi connectivity index (χ0n) is 12.8. The van der Waals surface area contributed by atoms with E-state index in [1.165, 1.54) is 6.26 Å². The molecule has 0 bridgehead atoms. The van der Waals surface area contributed by atoms with Crippen LogP contribution >= 0.6 is 0 Å². The van der Waals surface area contributed by atoms with Gasteiger partial charge in [-0.2, -0.15) is 0 Å². The van der Waals surface area contributed by atoms with E-state index in [9.17, 15) is 13.2 Å². The maximum Gasteiger partial charge on any atom is 0.227 e. The summed E-state index contributed by atoms with van der Waals surface area (Å²) >= 11 is 0. The molecule has 1 aromatic carbocycles. The fraction of sp³-hybridized carbons (Fsp3) is 0.533. The predicted octanol–water partition coefficient (Wildman–Crippen LogP) is 0.904. The molecule has 0 spiro atoms. The molecule has 2 rings (SSSR count). The normalized spacial score (nSPS) is 16.6. The van der Waals surface area contributed by atoms with Crippen LogP contribution in [-0.4, -0.2) is 46.0 Å². The Morgan fingerprint density at radius 2 is 2.18 bits per heavy atom. The zero-order chi connectivity index (χ0) is 16.2. The van der Waals surface area contributed by atoms with Crippen molar-refractivity contribution in [2.75, 3.05) is 37.0 Å². The van der Waals surface area contributed by atoms with Crippen molar-refractivity contribution in [3.8, 4) is 5.75 Å². The highest BCUT2D eigenvalue weighted by Gasteiger charge is 2.28. The van der Waals surface area contributed by atoms with Crippen LogP contribution in [0.4, 0.5) is 5.69 Å². The third-order valence-corrected chi connectivity index (χ3v) is 4.67. The Labute approximate surface area is 131 Å². The summed E-state index contributed by atoms with van der Waals surface area (Å²) in [5.41, 5.74) is 0.654. The Hall–Kier alpha value is -1.60. The van der Waals surface area contributed by atoms with E-state index in [4.69, 9.17) is 4.74 Å². The lowest BCUT2D eigenvalue weighted by Crippen LogP contribution is -2.48. The molecule has 0 aliphatic carbocycles. The number of ether oxygens (including phenoxy) is 1. The van der Waals surface area contributed by atoms with Crippen LogP contribution in [0.3, 0.4) is 0 Å². The van der Waals surface area contributed by atoms with Crippen LogP contribution in [0, 0.1) is 11.8 Å². The average Bonchev–Trinajstić information content (AvgIpc) is 2.35. The van der Waals surface area contributed by atoms with Gasteiger partial charge in [-0.25, -0.2) is 8.42 Å². The summed E-state index contributed by atoms with van der Waals surface area (Å²) < 4.78 is 27.5. The Morgan fingerprint density at radius 3 is 2.77 bits per heavy atom. The summed E-state index contributed by atoms with van der Waals surface area (Å²) in [5, 5.41) is 6.03. The molecule has 1 aromatic rings. The number of benzene rings is 1. The van der Waals surface area contributed by atoms with Crippen LogP contribution in [0.15, 0.2) is 24.3 Å². The molecule has 7 heteroatoms. The molecule has 0 saturated carbocycles. The van der Waals surface area contributed by atoms with Crippen molar-refractivity contribution in [2.45, 2.75) is 6.92 Å². The Balaban J connectivity index is 1.89. The second kappa shape index (κ2) is 7.11. The summed E-state index contributed by atoms with van der Waals surface area (Å²) in [7, 11) is -3.04. The van der Waals surface area contributed by atoms with Crippen LogP contribution in [0.1, 0.15) is 6.92 Å². The number of nitrogens with one attached hydrogen (secondary N) is 2. The van der Waals surface area contributed by atoms with Gasteiger partial charge in [-0.15, -0.1) is 0 Å². The molecule has 1 atom stereocenters. The van der Waals surface area contributed by atoms with Gasteiger partial charge in [0.25, 0.3) is 0 Å². The summed E-state index contributed by atoms with van der Waals surface area (Å²) in [6, 6.07) is 6.98. The predicted molar refractivity (Wildman–Crippen MR) is 85.8 cm³/mol. The van der Waals surface area contributed by atoms with Crippen molar-refractivity contribution in [3.63, 3.8) is 0 Å². The minimum Gasteiger partial charge on any atom is -0.492 e. The van der Waals surface area contributed by atoms with Gasteiger partial charge in [0.15, 0.2) is 9.84 Å². The fourth-order valence-corrected chi connectivity index (χ4v) is 2.50. The molecule has 0 aromatic heterocycles. The standard InChI is InChI=1S/C15H22N2O4S/c1-11(12-9-16-10-12)15(18)17-13-4-3-5-14(8-13)21-6-7-22(2,19)20/h3-5,8,11-12,16H,6-7,9-10H2,1-2H3,(H,17,18). The Kier molecular flexibility index (Phi) is 5.42. The van der Waals surface area contributed by atoms with Crippen molar-refractivity contribution >= 4 is 21.4 Å². The highest BCUT2D eigenvalue weighted by atomic mass is 32.2. The first-order valence-corrected chi connectivity index (χ1v) is 9.33. The number of rotatable bonds is 7. The van der Waals surface area contributed by atoms with Crippen molar-refractivity contribution in [2.24, 2.45) is 11.8 Å². The second-order valence-electron chi connectivity index (χ2n) is 5.70. The van der Waals surface area contributed by atoms with Crippen LogP contribution < -0.4 is 15.4 Å². The number of hydrogen-bond donors (Lipinski definition) is 2. The lowest BCUT2D eigenvalue weighted by Gasteiger charge is -2.31. The van der Waals surface area contributed by atoms with E-state index in [1.54, 1.807) is 24.3 Å². The van der Waals surface area contributed by atoms with Gasteiger partial charge in [-0.1, -0.05) is 13.0 Å². The van der Waals surface area contributed by atoms with E-state index in [-0.39, 0.29) is 24.2 Å². The van der Waals surface area contributed by atoms with Crippen molar-refractivity contribution in [1.29, 1.82) is 0 Å². The maximum atomic E-state index is 12.1. The molecule has 1 aliphatic rings. The second-order valence-corrected chi connectivity index (χ2v) is 7.96. The molecule has 1 fully saturated rings. The first kappa shape index (κ1) is 16.8. The first-order valence-electron chi connectivity index (χ1n) is 7.27. The van der Waals surface area contributed by atoms with Crippen LogP contribution in [-0.2, 0) is 14.6 Å². The van der Waals surface area contributed by atoms with E-state index in [0.717, 1.165) is 13.1 Å². The molecule has 1 amide bonds. The number of carbonyl (C=O) groups excluding carboxylic acids is 1. The van der Waals surface area contributed by atoms with Crippen LogP contribution in [0.2, 0.25) is 0 Å². The van der Waals surface area contributed by atoms with Gasteiger partial charge in [0.1, 0.15) is 12.4 Å². The van der Waals surface area contributed by atoms with Gasteiger partial charge in [0.2, 0.25) is 5.91 Å². The molecule has 6 nitrogen and oxygen atoms in total. The molecule has 0 radical (unpaired) electrons. The Bertz CT molecular complexity index is 626. The summed E-state index contributed by atoms with van der Waals surface area (Å²) in [6.45, 7) is 3.78. The lowest BCUT2D eigenvalue weighted by molar-refractivity contribution is -0.121. The summed E-state index contributed by atoms with van der Waals surface area (Å²) in [6.07, 6.45) is 1.17. The molecular weight excluding hydrogens is 304 g/mol. The molecule has 1 unspecified atom stereocenters. The van der Waals surface area contributed by atoms with Gasteiger partial charge in [0.05, 0.1) is 5.75 Å². The van der Waals surface area contributed by atoms with Crippen molar-refractivity contribution in [1.82, 2.24) is 5.32 Å². The topological polar surface area (TPSA) is 84.5 Å². The minimum absolute atomic E-state index is 0.0141. The van der Waals surface area contributed by atoms with Crippen LogP contribution in [0.25, 0.3) is 0 Å². The molecule has 2 N–H and O–H groups in total. The third kappa shape index (κ3) is 4.99. The SMILES string of the molecule is CC(C(=O)Nc1cccc(OCCS(C)(=O)=O)c1)C1CNC1. The van der Waals surface area contributed by atoms with E-state index >= 15 is 0 Å². The average molecular weight is 326 g/mol. The van der Waals surface area contributed by atoms with E-state index in [0.29, 0.717) is 17.4 Å². The molecular formula is C15H22N2O4S. The van der Waals surface area contributed by atoms with E-state index in [1.807, 2.05) is 6.92 Å². The highest BCUT2D eigenvalue weighted by molar-refractivity contribution is 7.90. The number of amides is 1. The van der Waals surface area contributed by atoms with Crippen molar-refractivity contribution in [3.05, 3.63) is 24.3 Å². The number of anilines is 1. The maximum absolute atomic E-state index is 12.1. The minimum atomic E-state index is -3.04. The van der Waals surface area contributed by atoms with Crippen LogP contribution in [0.5, 0.6) is 5.75 Å². The lowest BCUT2D eigenvalue weighted by atomic mass is 9.88. The third-order valence-electron chi connectivity index (χ3n) is 3.76. The van der Waals surface area contributed by atoms with Gasteiger partial charge in [-0.3, -0.25) is 4.79 Å². The number of sulfone groups is 1. The smallest absolute Gasteiger partial charge is 0.227 e. The van der Waals surface area contributed by atoms with Gasteiger partial charge in [0, 0.05) is 23.9 Å². The molecule has 1 heterocycles. The Morgan fingerprint density at radius 1 is 1.45 bits per heavy atom. The summed E-state index contributed by atoms with van der Waals surface area (Å²) in [5.74, 6) is 0.833. The van der Waals surface area contributed by atoms with E-state index in [2.05, 4.69) is 10.6 Å². The molecule has 22 heavy (non-hydrogen) atoms. The first-order chi connectivity index (χ1) is 10.3. The molecule has 1 aliphatic heterocycles. The van der Waals surface area contributed by atoms with Gasteiger partial charge in [-0.05, 0) is 31.1 Å². The summed E-state index contributed by atoms with van der Waals surface area (Å²) in [4.78, 5) is 12.1. The highest BCUT2D eigenvalue weighted by Crippen LogP contribution is 2.21.